The van der Waals surface area contributed by atoms with Gasteiger partial charge in [-0.25, -0.2) is 31.7 Å². The van der Waals surface area contributed by atoms with E-state index in [2.05, 4.69) is 20.3 Å². The van der Waals surface area contributed by atoms with Gasteiger partial charge < -0.3 is 14.8 Å². The third-order valence-electron chi connectivity index (χ3n) is 6.10. The number of aromatic nitrogens is 1. The van der Waals surface area contributed by atoms with Gasteiger partial charge in [0.25, 0.3) is 0 Å². The van der Waals surface area contributed by atoms with Crippen LogP contribution in [-0.4, -0.2) is 37.6 Å². The monoisotopic (exact) mass is 544 g/mol. The minimum atomic E-state index is -3.66. The molecule has 1 aromatic heterocycles. The van der Waals surface area contributed by atoms with Gasteiger partial charge in [-0.3, -0.25) is 5.32 Å². The van der Waals surface area contributed by atoms with Crippen molar-refractivity contribution in [1.82, 2.24) is 15.0 Å². The summed E-state index contributed by atoms with van der Waals surface area (Å²) in [6, 6.07) is 10.2. The zero-order valence-corrected chi connectivity index (χ0v) is 21.6. The molecule has 3 aromatic rings. The molecular formula is C26H26F2N4O5S. The van der Waals surface area contributed by atoms with Crippen LogP contribution in [0.15, 0.2) is 59.6 Å². The largest absolute Gasteiger partial charge is 0.490 e. The predicted octanol–water partition coefficient (Wildman–Crippen LogP) is 4.53. The summed E-state index contributed by atoms with van der Waals surface area (Å²) >= 11 is 0. The Labute approximate surface area is 218 Å². The number of rotatable bonds is 6. The van der Waals surface area contributed by atoms with Crippen LogP contribution in [0.5, 0.6) is 17.2 Å². The van der Waals surface area contributed by atoms with Crippen molar-refractivity contribution in [2.24, 2.45) is 5.92 Å². The number of ether oxygens (including phenoxy) is 2. The molecule has 2 aromatic carbocycles. The molecule has 12 heteroatoms. The van der Waals surface area contributed by atoms with Crippen LogP contribution < -0.4 is 24.8 Å². The van der Waals surface area contributed by atoms with E-state index in [1.807, 2.05) is 0 Å². The lowest BCUT2D eigenvalue weighted by Gasteiger charge is -2.20. The molecule has 0 saturated heterocycles. The number of amides is 2. The van der Waals surface area contributed by atoms with Gasteiger partial charge in [-0.2, -0.15) is 0 Å². The van der Waals surface area contributed by atoms with Crippen LogP contribution in [0.4, 0.5) is 19.4 Å². The Morgan fingerprint density at radius 1 is 1.03 bits per heavy atom. The minimum Gasteiger partial charge on any atom is -0.490 e. The molecule has 2 aliphatic rings. The van der Waals surface area contributed by atoms with Gasteiger partial charge in [0.1, 0.15) is 23.1 Å². The third-order valence-corrected chi connectivity index (χ3v) is 7.88. The number of nitrogens with one attached hydrogen (secondary N) is 3. The Balaban J connectivity index is 1.16. The lowest BCUT2D eigenvalue weighted by molar-refractivity contribution is 0.247. The van der Waals surface area contributed by atoms with E-state index in [1.54, 1.807) is 26.8 Å². The van der Waals surface area contributed by atoms with Crippen molar-refractivity contribution in [3.05, 3.63) is 71.9 Å². The maximum Gasteiger partial charge on any atom is 0.320 e. The number of halogens is 2. The highest BCUT2D eigenvalue weighted by Crippen LogP contribution is 2.55. The van der Waals surface area contributed by atoms with Gasteiger partial charge in [-0.1, -0.05) is 0 Å². The number of carbonyl (C=O) groups excluding carboxylic acids is 1. The zero-order chi connectivity index (χ0) is 27.2. The molecule has 38 heavy (non-hydrogen) atoms. The lowest BCUT2D eigenvalue weighted by Crippen LogP contribution is -2.40. The van der Waals surface area contributed by atoms with Gasteiger partial charge in [0, 0.05) is 29.0 Å². The van der Waals surface area contributed by atoms with Crippen LogP contribution in [0, 0.1) is 17.6 Å². The molecule has 1 fully saturated rings. The maximum atomic E-state index is 14.3. The molecule has 0 radical (unpaired) electrons. The first kappa shape index (κ1) is 25.9. The zero-order valence-electron chi connectivity index (χ0n) is 20.8. The maximum absolute atomic E-state index is 14.3. The minimum absolute atomic E-state index is 0.0916. The Hall–Kier alpha value is -3.77. The summed E-state index contributed by atoms with van der Waals surface area (Å²) in [5.74, 6) is -0.737. The molecule has 9 nitrogen and oxygen atoms in total. The van der Waals surface area contributed by atoms with Gasteiger partial charge in [0.05, 0.1) is 17.7 Å². The fourth-order valence-electron chi connectivity index (χ4n) is 4.46. The molecular weight excluding hydrogens is 518 g/mol. The average Bonchev–Trinajstić information content (AvgIpc) is 3.54. The summed E-state index contributed by atoms with van der Waals surface area (Å²) in [5, 5.41) is 5.38. The number of pyridine rings is 1. The summed E-state index contributed by atoms with van der Waals surface area (Å²) in [4.78, 5) is 16.8. The van der Waals surface area contributed by atoms with Crippen molar-refractivity contribution in [2.75, 3.05) is 11.9 Å². The Bertz CT molecular complexity index is 1480. The second-order valence-electron chi connectivity index (χ2n) is 10.2. The number of nitrogens with zero attached hydrogens (tertiary/aromatic N) is 1. The molecule has 5 rings (SSSR count). The number of fused-ring (bicyclic) bond motifs is 3. The summed E-state index contributed by atoms with van der Waals surface area (Å²) in [7, 11) is -3.66. The molecule has 1 aliphatic carbocycles. The SMILES string of the molecule is CC(C)(C)NS(=O)(=O)c1ccc(Oc2ccc(NC(=O)N[C@@H]3[C@@H]4COc5c(F)ccc(F)c5[C@@H]43)nc2)cc1. The quantitative estimate of drug-likeness (QED) is 0.420. The standard InChI is InChI=1S/C26H26F2N4O5S/c1-26(2,3)32-38(34,35)16-7-4-14(5-8-16)37-15-6-11-20(29-12-15)30-25(33)31-23-17-13-36-24-19(28)10-9-18(27)22(24)21(17)23/h4-12,17,21,23,32H,13H2,1-3H3,(H2,29,30,31,33)/t17-,21-,23-/m1/s1. The van der Waals surface area contributed by atoms with Crippen molar-refractivity contribution in [1.29, 1.82) is 0 Å². The fourth-order valence-corrected chi connectivity index (χ4v) is 5.88. The smallest absolute Gasteiger partial charge is 0.320 e. The Kier molecular flexibility index (Phi) is 6.48. The molecule has 3 atom stereocenters. The van der Waals surface area contributed by atoms with E-state index in [1.165, 1.54) is 36.5 Å². The number of sulfonamides is 1. The predicted molar refractivity (Wildman–Crippen MR) is 135 cm³/mol. The normalized spacial score (nSPS) is 20.0. The number of benzene rings is 2. The molecule has 2 amide bonds. The Morgan fingerprint density at radius 3 is 2.37 bits per heavy atom. The van der Waals surface area contributed by atoms with E-state index in [9.17, 15) is 22.0 Å². The summed E-state index contributed by atoms with van der Waals surface area (Å²) in [6.07, 6.45) is 1.40. The first-order chi connectivity index (χ1) is 17.9. The molecule has 0 unspecified atom stereocenters. The molecule has 200 valence electrons. The van der Waals surface area contributed by atoms with Crippen molar-refractivity contribution in [3.63, 3.8) is 0 Å². The van der Waals surface area contributed by atoms with Gasteiger partial charge in [0.15, 0.2) is 11.6 Å². The number of urea groups is 1. The molecule has 0 bridgehead atoms. The number of hydrogen-bond donors (Lipinski definition) is 3. The van der Waals surface area contributed by atoms with Gasteiger partial charge >= 0.3 is 6.03 Å². The second-order valence-corrected chi connectivity index (χ2v) is 11.9. The number of hydrogen-bond acceptors (Lipinski definition) is 6. The van der Waals surface area contributed by atoms with Crippen molar-refractivity contribution < 1.29 is 31.5 Å². The van der Waals surface area contributed by atoms with E-state index in [4.69, 9.17) is 9.47 Å². The highest BCUT2D eigenvalue weighted by Gasteiger charge is 2.57. The topological polar surface area (TPSA) is 119 Å². The van der Waals surface area contributed by atoms with E-state index in [0.29, 0.717) is 11.5 Å². The van der Waals surface area contributed by atoms with Crippen molar-refractivity contribution in [2.45, 2.75) is 43.2 Å². The highest BCUT2D eigenvalue weighted by atomic mass is 32.2. The molecule has 1 aliphatic heterocycles. The lowest BCUT2D eigenvalue weighted by atomic mass is 10.0. The average molecular weight is 545 g/mol. The third kappa shape index (κ3) is 5.41. The van der Waals surface area contributed by atoms with Crippen LogP contribution in [-0.2, 0) is 10.0 Å². The summed E-state index contributed by atoms with van der Waals surface area (Å²) in [5.41, 5.74) is -0.456. The van der Waals surface area contributed by atoms with Gasteiger partial charge in [0.2, 0.25) is 10.0 Å². The van der Waals surface area contributed by atoms with E-state index in [0.717, 1.165) is 12.1 Å². The van der Waals surface area contributed by atoms with E-state index in [-0.39, 0.29) is 46.5 Å². The van der Waals surface area contributed by atoms with Crippen LogP contribution in [0.3, 0.4) is 0 Å². The molecule has 1 saturated carbocycles. The second kappa shape index (κ2) is 9.52. The fraction of sp³-hybridized carbons (Fsp3) is 0.308. The van der Waals surface area contributed by atoms with Crippen LogP contribution in [0.2, 0.25) is 0 Å². The Morgan fingerprint density at radius 2 is 1.71 bits per heavy atom. The summed E-state index contributed by atoms with van der Waals surface area (Å²) in [6.45, 7) is 5.46. The molecule has 2 heterocycles. The molecule has 0 spiro atoms. The number of carbonyl (C=O) groups is 1. The first-order valence-corrected chi connectivity index (χ1v) is 13.4. The van der Waals surface area contributed by atoms with Crippen molar-refractivity contribution >= 4 is 21.9 Å². The van der Waals surface area contributed by atoms with E-state index < -0.39 is 33.2 Å². The first-order valence-electron chi connectivity index (χ1n) is 11.9. The van der Waals surface area contributed by atoms with Crippen LogP contribution in [0.25, 0.3) is 0 Å². The molecule has 3 N–H and O–H groups in total. The van der Waals surface area contributed by atoms with E-state index >= 15 is 0 Å². The number of anilines is 1. The van der Waals surface area contributed by atoms with Gasteiger partial charge in [-0.05, 0) is 69.3 Å². The van der Waals surface area contributed by atoms with Gasteiger partial charge in [-0.15, -0.1) is 0 Å². The van der Waals surface area contributed by atoms with Crippen molar-refractivity contribution in [3.8, 4) is 17.2 Å². The summed E-state index contributed by atoms with van der Waals surface area (Å²) < 4.78 is 66.8. The van der Waals surface area contributed by atoms with Crippen LogP contribution >= 0.6 is 0 Å². The van der Waals surface area contributed by atoms with Crippen LogP contribution in [0.1, 0.15) is 32.3 Å². The highest BCUT2D eigenvalue weighted by molar-refractivity contribution is 7.89.